The van der Waals surface area contributed by atoms with Gasteiger partial charge in [0.15, 0.2) is 17.0 Å². The molecule has 0 spiro atoms. The molecule has 0 unspecified atom stereocenters. The lowest BCUT2D eigenvalue weighted by Crippen LogP contribution is -2.30. The number of rotatable bonds is 5. The molecule has 10 heteroatoms. The molecule has 1 saturated heterocycles. The molecule has 0 aromatic carbocycles. The standard InChI is InChI=1S/C18H24N8O2/c1-4-25-16(13-8-21-26(5-2)11(13)3)23-14-15(19-10-20-17(14)25)22-12-6-7-24(9-12)18(27)28/h8,10,12H,4-7,9H2,1-3H3,(H,27,28)(H,19,20,22)/t12-/m0/s1. The lowest BCUT2D eigenvalue weighted by Gasteiger charge is -2.14. The number of fused-ring (bicyclic) bond motifs is 1. The Hall–Kier alpha value is -3.17. The van der Waals surface area contributed by atoms with Crippen LogP contribution in [0, 0.1) is 6.92 Å². The van der Waals surface area contributed by atoms with Gasteiger partial charge in [-0.25, -0.2) is 19.7 Å². The summed E-state index contributed by atoms with van der Waals surface area (Å²) < 4.78 is 4.00. The van der Waals surface area contributed by atoms with E-state index in [0.717, 1.165) is 42.2 Å². The van der Waals surface area contributed by atoms with Gasteiger partial charge in [0.2, 0.25) is 0 Å². The average Bonchev–Trinajstić information content (AvgIpc) is 3.38. The summed E-state index contributed by atoms with van der Waals surface area (Å²) in [6, 6.07) is 0.00834. The summed E-state index contributed by atoms with van der Waals surface area (Å²) in [5.74, 6) is 1.45. The Balaban J connectivity index is 1.73. The van der Waals surface area contributed by atoms with Crippen molar-refractivity contribution in [3.8, 4) is 11.4 Å². The molecule has 28 heavy (non-hydrogen) atoms. The highest BCUT2D eigenvalue weighted by Gasteiger charge is 2.27. The number of carbonyl (C=O) groups is 1. The Morgan fingerprint density at radius 1 is 1.32 bits per heavy atom. The predicted molar refractivity (Wildman–Crippen MR) is 104 cm³/mol. The van der Waals surface area contributed by atoms with E-state index >= 15 is 0 Å². The number of likely N-dealkylation sites (tertiary alicyclic amines) is 1. The number of amides is 1. The van der Waals surface area contributed by atoms with Gasteiger partial charge < -0.3 is 19.9 Å². The summed E-state index contributed by atoms with van der Waals surface area (Å²) in [5, 5.41) is 17.0. The van der Waals surface area contributed by atoms with Gasteiger partial charge in [-0.2, -0.15) is 5.10 Å². The molecule has 0 bridgehead atoms. The minimum Gasteiger partial charge on any atom is -0.465 e. The Morgan fingerprint density at radius 3 is 2.79 bits per heavy atom. The van der Waals surface area contributed by atoms with Gasteiger partial charge in [-0.05, 0) is 27.2 Å². The first kappa shape index (κ1) is 18.2. The van der Waals surface area contributed by atoms with E-state index in [4.69, 9.17) is 10.1 Å². The maximum absolute atomic E-state index is 11.2. The van der Waals surface area contributed by atoms with E-state index in [9.17, 15) is 4.79 Å². The molecule has 10 nitrogen and oxygen atoms in total. The maximum Gasteiger partial charge on any atom is 0.407 e. The molecule has 1 amide bonds. The monoisotopic (exact) mass is 384 g/mol. The van der Waals surface area contributed by atoms with Crippen LogP contribution in [0.5, 0.6) is 0 Å². The van der Waals surface area contributed by atoms with Crippen LogP contribution in [-0.4, -0.2) is 64.5 Å². The molecule has 0 saturated carbocycles. The molecule has 1 aliphatic heterocycles. The average molecular weight is 384 g/mol. The van der Waals surface area contributed by atoms with Gasteiger partial charge in [-0.3, -0.25) is 4.68 Å². The van der Waals surface area contributed by atoms with Crippen molar-refractivity contribution < 1.29 is 9.90 Å². The third-order valence-electron chi connectivity index (χ3n) is 5.29. The number of nitrogens with zero attached hydrogens (tertiary/aromatic N) is 7. The largest absolute Gasteiger partial charge is 0.465 e. The number of hydrogen-bond donors (Lipinski definition) is 2. The highest BCUT2D eigenvalue weighted by atomic mass is 16.4. The van der Waals surface area contributed by atoms with Crippen LogP contribution in [0.3, 0.4) is 0 Å². The van der Waals surface area contributed by atoms with Crippen molar-refractivity contribution in [3.63, 3.8) is 0 Å². The second-order valence-corrected chi connectivity index (χ2v) is 6.89. The Labute approximate surface area is 162 Å². The number of hydrogen-bond acceptors (Lipinski definition) is 6. The molecule has 0 aliphatic carbocycles. The van der Waals surface area contributed by atoms with Crippen molar-refractivity contribution >= 4 is 23.1 Å². The molecule has 1 atom stereocenters. The first-order valence-corrected chi connectivity index (χ1v) is 9.51. The molecule has 0 radical (unpaired) electrons. The highest BCUT2D eigenvalue weighted by Crippen LogP contribution is 2.29. The highest BCUT2D eigenvalue weighted by molar-refractivity contribution is 5.86. The Kier molecular flexibility index (Phi) is 4.62. The van der Waals surface area contributed by atoms with Gasteiger partial charge in [0, 0.05) is 37.9 Å². The maximum atomic E-state index is 11.2. The first-order chi connectivity index (χ1) is 13.5. The van der Waals surface area contributed by atoms with Crippen molar-refractivity contribution in [1.29, 1.82) is 0 Å². The van der Waals surface area contributed by atoms with Crippen molar-refractivity contribution in [3.05, 3.63) is 18.2 Å². The second kappa shape index (κ2) is 7.10. The molecule has 148 valence electrons. The van der Waals surface area contributed by atoms with Crippen LogP contribution in [0.15, 0.2) is 12.5 Å². The zero-order valence-corrected chi connectivity index (χ0v) is 16.3. The van der Waals surface area contributed by atoms with Crippen LogP contribution in [0.4, 0.5) is 10.6 Å². The predicted octanol–water partition coefficient (Wildman–Crippen LogP) is 2.20. The lowest BCUT2D eigenvalue weighted by molar-refractivity contribution is 0.155. The van der Waals surface area contributed by atoms with Crippen LogP contribution < -0.4 is 5.32 Å². The lowest BCUT2D eigenvalue weighted by atomic mass is 10.2. The number of nitrogens with one attached hydrogen (secondary N) is 1. The van der Waals surface area contributed by atoms with E-state index < -0.39 is 6.09 Å². The fourth-order valence-electron chi connectivity index (χ4n) is 3.78. The van der Waals surface area contributed by atoms with Crippen molar-refractivity contribution in [2.75, 3.05) is 18.4 Å². The molecular formula is C18H24N8O2. The van der Waals surface area contributed by atoms with Crippen LogP contribution in [0.25, 0.3) is 22.6 Å². The molecule has 4 heterocycles. The van der Waals surface area contributed by atoms with E-state index in [1.54, 1.807) is 0 Å². The van der Waals surface area contributed by atoms with Crippen molar-refractivity contribution in [2.24, 2.45) is 0 Å². The van der Waals surface area contributed by atoms with Crippen molar-refractivity contribution in [1.82, 2.24) is 34.2 Å². The SMILES string of the molecule is CCn1ncc(-c2nc3c(N[C@H]4CCN(C(=O)O)C4)ncnc3n2CC)c1C. The Morgan fingerprint density at radius 2 is 2.14 bits per heavy atom. The summed E-state index contributed by atoms with van der Waals surface area (Å²) in [4.78, 5) is 26.3. The van der Waals surface area contributed by atoms with Gasteiger partial charge in [0.1, 0.15) is 12.2 Å². The third-order valence-corrected chi connectivity index (χ3v) is 5.29. The van der Waals surface area contributed by atoms with Gasteiger partial charge in [-0.15, -0.1) is 0 Å². The van der Waals surface area contributed by atoms with Crippen molar-refractivity contribution in [2.45, 2.75) is 46.3 Å². The minimum atomic E-state index is -0.891. The fourth-order valence-corrected chi connectivity index (χ4v) is 3.78. The van der Waals surface area contributed by atoms with Crippen LogP contribution >= 0.6 is 0 Å². The smallest absolute Gasteiger partial charge is 0.407 e. The molecule has 2 N–H and O–H groups in total. The normalized spacial score (nSPS) is 16.8. The van der Waals surface area contributed by atoms with E-state index in [0.29, 0.717) is 24.4 Å². The first-order valence-electron chi connectivity index (χ1n) is 9.51. The number of carboxylic acid groups (broad SMARTS) is 1. The zero-order chi connectivity index (χ0) is 19.8. The fraction of sp³-hybridized carbons (Fsp3) is 0.500. The van der Waals surface area contributed by atoms with E-state index in [-0.39, 0.29) is 6.04 Å². The number of aromatic nitrogens is 6. The number of anilines is 1. The summed E-state index contributed by atoms with van der Waals surface area (Å²) >= 11 is 0. The zero-order valence-electron chi connectivity index (χ0n) is 16.3. The van der Waals surface area contributed by atoms with Crippen LogP contribution in [0.1, 0.15) is 26.0 Å². The quantitative estimate of drug-likeness (QED) is 0.693. The molecule has 3 aromatic rings. The molecule has 3 aromatic heterocycles. The van der Waals surface area contributed by atoms with Gasteiger partial charge in [0.05, 0.1) is 11.8 Å². The summed E-state index contributed by atoms with van der Waals surface area (Å²) in [6.45, 7) is 8.62. The van der Waals surface area contributed by atoms with Crippen LogP contribution in [0.2, 0.25) is 0 Å². The molecule has 1 fully saturated rings. The van der Waals surface area contributed by atoms with E-state index in [1.165, 1.54) is 11.2 Å². The number of imidazole rings is 1. The van der Waals surface area contributed by atoms with E-state index in [2.05, 4.69) is 38.8 Å². The molecular weight excluding hydrogens is 360 g/mol. The van der Waals surface area contributed by atoms with Gasteiger partial charge >= 0.3 is 6.09 Å². The second-order valence-electron chi connectivity index (χ2n) is 6.89. The third kappa shape index (κ3) is 2.94. The summed E-state index contributed by atoms with van der Waals surface area (Å²) in [7, 11) is 0. The topological polar surface area (TPSA) is 114 Å². The Bertz CT molecular complexity index is 1020. The van der Waals surface area contributed by atoms with Gasteiger partial charge in [0.25, 0.3) is 0 Å². The van der Waals surface area contributed by atoms with Gasteiger partial charge in [-0.1, -0.05) is 0 Å². The molecule has 1 aliphatic rings. The summed E-state index contributed by atoms with van der Waals surface area (Å²) in [6.07, 6.45) is 3.21. The number of aryl methyl sites for hydroxylation is 2. The minimum absolute atomic E-state index is 0.00834. The molecule has 4 rings (SSSR count). The summed E-state index contributed by atoms with van der Waals surface area (Å²) in [5.41, 5.74) is 3.48. The van der Waals surface area contributed by atoms with E-state index in [1.807, 2.05) is 17.8 Å². The van der Waals surface area contributed by atoms with Crippen LogP contribution in [-0.2, 0) is 13.1 Å².